The van der Waals surface area contributed by atoms with Gasteiger partial charge in [0.2, 0.25) is 0 Å². The van der Waals surface area contributed by atoms with Gasteiger partial charge < -0.3 is 15.6 Å². The molecule has 126 valence electrons. The molecule has 0 bridgehead atoms. The van der Waals surface area contributed by atoms with E-state index in [4.69, 9.17) is 5.41 Å². The number of carbonyl (C=O) groups excluding carboxylic acids is 1. The van der Waals surface area contributed by atoms with Gasteiger partial charge in [-0.3, -0.25) is 10.2 Å². The Morgan fingerprint density at radius 3 is 2.88 bits per heavy atom. The maximum absolute atomic E-state index is 12.3. The maximum Gasteiger partial charge on any atom is 0.255 e. The number of hydrogen-bond donors (Lipinski definition) is 4. The van der Waals surface area contributed by atoms with E-state index in [1.54, 1.807) is 12.4 Å². The Morgan fingerprint density at radius 2 is 2.17 bits per heavy atom. The van der Waals surface area contributed by atoms with E-state index in [1.807, 2.05) is 20.9 Å². The molecule has 2 heterocycles. The second-order valence-electron chi connectivity index (χ2n) is 6.22. The summed E-state index contributed by atoms with van der Waals surface area (Å²) in [7, 11) is 1.88. The molecular formula is C17H22N6O. The van der Waals surface area contributed by atoms with E-state index >= 15 is 0 Å². The first kappa shape index (κ1) is 16.2. The zero-order chi connectivity index (χ0) is 17.3. The van der Waals surface area contributed by atoms with Crippen molar-refractivity contribution in [3.63, 3.8) is 0 Å². The minimum atomic E-state index is -0.190. The molecule has 0 unspecified atom stereocenters. The highest BCUT2D eigenvalue weighted by molar-refractivity contribution is 6.11. The molecule has 3 rings (SSSR count). The van der Waals surface area contributed by atoms with Gasteiger partial charge in [-0.1, -0.05) is 0 Å². The number of amides is 1. The van der Waals surface area contributed by atoms with Gasteiger partial charge in [-0.15, -0.1) is 0 Å². The van der Waals surface area contributed by atoms with Crippen molar-refractivity contribution >= 4 is 22.8 Å². The fraction of sp³-hybridized carbons (Fsp3) is 0.412. The van der Waals surface area contributed by atoms with Crippen molar-refractivity contribution in [3.05, 3.63) is 34.9 Å². The van der Waals surface area contributed by atoms with Gasteiger partial charge in [0, 0.05) is 25.0 Å². The van der Waals surface area contributed by atoms with Crippen LogP contribution in [0.5, 0.6) is 0 Å². The Labute approximate surface area is 140 Å². The zero-order valence-corrected chi connectivity index (χ0v) is 14.2. The van der Waals surface area contributed by atoms with Crippen LogP contribution in [0.3, 0.4) is 0 Å². The lowest BCUT2D eigenvalue weighted by Gasteiger charge is -2.09. The number of hydrogen-bond acceptors (Lipinski definition) is 5. The molecule has 0 spiro atoms. The Morgan fingerprint density at radius 1 is 1.38 bits per heavy atom. The molecule has 0 saturated carbocycles. The second kappa shape index (κ2) is 6.43. The molecule has 0 aromatic carbocycles. The zero-order valence-electron chi connectivity index (χ0n) is 14.2. The Bertz CT molecular complexity index is 833. The molecule has 1 aliphatic carbocycles. The lowest BCUT2D eigenvalue weighted by Crippen LogP contribution is -2.30. The fourth-order valence-corrected chi connectivity index (χ4v) is 2.97. The lowest BCUT2D eigenvalue weighted by atomic mass is 10.1. The van der Waals surface area contributed by atoms with E-state index in [-0.39, 0.29) is 11.9 Å². The number of nitrogens with one attached hydrogen (secondary N) is 4. The van der Waals surface area contributed by atoms with Crippen LogP contribution >= 0.6 is 0 Å². The molecule has 0 fully saturated rings. The quantitative estimate of drug-likeness (QED) is 0.631. The van der Waals surface area contributed by atoms with Crippen LogP contribution in [0.15, 0.2) is 23.7 Å². The Balaban J connectivity index is 1.99. The number of allylic oxidation sites excluding steroid dienone is 2. The topological polar surface area (TPSA) is 107 Å². The van der Waals surface area contributed by atoms with Crippen LogP contribution in [0.4, 0.5) is 0 Å². The highest BCUT2D eigenvalue weighted by Gasteiger charge is 2.21. The first-order chi connectivity index (χ1) is 11.5. The van der Waals surface area contributed by atoms with E-state index in [1.165, 1.54) is 0 Å². The molecule has 1 amide bonds. The van der Waals surface area contributed by atoms with Gasteiger partial charge >= 0.3 is 0 Å². The van der Waals surface area contributed by atoms with Gasteiger partial charge in [0.15, 0.2) is 5.65 Å². The summed E-state index contributed by atoms with van der Waals surface area (Å²) in [5, 5.41) is 14.5. The van der Waals surface area contributed by atoms with Crippen molar-refractivity contribution in [3.8, 4) is 0 Å². The molecule has 0 saturated heterocycles. The van der Waals surface area contributed by atoms with Gasteiger partial charge in [-0.05, 0) is 38.7 Å². The Hall–Kier alpha value is -2.70. The van der Waals surface area contributed by atoms with Gasteiger partial charge in [0.25, 0.3) is 5.91 Å². The fourth-order valence-electron chi connectivity index (χ4n) is 2.97. The SMILES string of the molecule is CNC1=C(C(=N)c2cnc3[nH]cc(C(=O)NC(C)C)c3n2)CCC1. The summed E-state index contributed by atoms with van der Waals surface area (Å²) in [4.78, 5) is 24.1. The molecule has 4 N–H and O–H groups in total. The van der Waals surface area contributed by atoms with Gasteiger partial charge in [0.1, 0.15) is 11.2 Å². The van der Waals surface area contributed by atoms with Crippen LogP contribution in [-0.4, -0.2) is 39.7 Å². The standard InChI is InChI=1S/C17H22N6O/c1-9(2)22-17(24)11-7-20-16-15(11)23-13(8-21-16)14(18)10-5-4-6-12(10)19-3/h7-9,18-19H,4-6H2,1-3H3,(H,20,21)(H,22,24). The smallest absolute Gasteiger partial charge is 0.255 e. The predicted octanol–water partition coefficient (Wildman–Crippen LogP) is 2.12. The summed E-state index contributed by atoms with van der Waals surface area (Å²) in [6.45, 7) is 3.82. The summed E-state index contributed by atoms with van der Waals surface area (Å²) in [5.41, 5.74) is 4.45. The summed E-state index contributed by atoms with van der Waals surface area (Å²) < 4.78 is 0. The Kier molecular flexibility index (Phi) is 4.33. The number of rotatable bonds is 5. The van der Waals surface area contributed by atoms with Crippen LogP contribution in [0, 0.1) is 5.41 Å². The number of nitrogens with zero attached hydrogens (tertiary/aromatic N) is 2. The maximum atomic E-state index is 12.3. The van der Waals surface area contributed by atoms with Crippen molar-refractivity contribution in [2.45, 2.75) is 39.2 Å². The third-order valence-corrected chi connectivity index (χ3v) is 4.12. The van der Waals surface area contributed by atoms with Crippen molar-refractivity contribution in [1.82, 2.24) is 25.6 Å². The number of fused-ring (bicyclic) bond motifs is 1. The van der Waals surface area contributed by atoms with E-state index in [9.17, 15) is 4.79 Å². The first-order valence-electron chi connectivity index (χ1n) is 8.15. The van der Waals surface area contributed by atoms with Crippen LogP contribution in [0.2, 0.25) is 0 Å². The lowest BCUT2D eigenvalue weighted by molar-refractivity contribution is 0.0944. The molecule has 24 heavy (non-hydrogen) atoms. The molecule has 2 aromatic rings. The number of aromatic amines is 1. The van der Waals surface area contributed by atoms with Crippen LogP contribution in [0.25, 0.3) is 11.2 Å². The van der Waals surface area contributed by atoms with Gasteiger partial charge in [-0.2, -0.15) is 0 Å². The van der Waals surface area contributed by atoms with Crippen LogP contribution in [-0.2, 0) is 0 Å². The normalized spacial score (nSPS) is 14.5. The highest BCUT2D eigenvalue weighted by atomic mass is 16.1. The third kappa shape index (κ3) is 2.89. The van der Waals surface area contributed by atoms with E-state index < -0.39 is 0 Å². The number of carbonyl (C=O) groups is 1. The molecule has 7 nitrogen and oxygen atoms in total. The second-order valence-corrected chi connectivity index (χ2v) is 6.22. The monoisotopic (exact) mass is 326 g/mol. The van der Waals surface area contributed by atoms with Gasteiger partial charge in [-0.25, -0.2) is 9.97 Å². The molecule has 7 heteroatoms. The van der Waals surface area contributed by atoms with Crippen molar-refractivity contribution in [2.24, 2.45) is 0 Å². The molecule has 0 aliphatic heterocycles. The third-order valence-electron chi connectivity index (χ3n) is 4.12. The number of H-pyrrole nitrogens is 1. The first-order valence-corrected chi connectivity index (χ1v) is 8.15. The van der Waals surface area contributed by atoms with Crippen LogP contribution < -0.4 is 10.6 Å². The van der Waals surface area contributed by atoms with E-state index in [2.05, 4.69) is 25.6 Å². The molecule has 1 aliphatic rings. The average molecular weight is 326 g/mol. The number of aromatic nitrogens is 3. The summed E-state index contributed by atoms with van der Waals surface area (Å²) >= 11 is 0. The van der Waals surface area contributed by atoms with Crippen molar-refractivity contribution in [1.29, 1.82) is 5.41 Å². The summed E-state index contributed by atoms with van der Waals surface area (Å²) in [6, 6.07) is 0.0405. The van der Waals surface area contributed by atoms with Crippen molar-refractivity contribution < 1.29 is 4.79 Å². The molecule has 2 aromatic heterocycles. The average Bonchev–Trinajstić information content (AvgIpc) is 3.19. The minimum absolute atomic E-state index is 0.0405. The van der Waals surface area contributed by atoms with Crippen molar-refractivity contribution in [2.75, 3.05) is 7.05 Å². The predicted molar refractivity (Wildman–Crippen MR) is 93.3 cm³/mol. The molecule has 0 atom stereocenters. The van der Waals surface area contributed by atoms with Gasteiger partial charge in [0.05, 0.1) is 17.5 Å². The molecule has 0 radical (unpaired) electrons. The van der Waals surface area contributed by atoms with E-state index in [0.29, 0.717) is 28.1 Å². The van der Waals surface area contributed by atoms with E-state index in [0.717, 1.165) is 30.5 Å². The molecular weight excluding hydrogens is 304 g/mol. The largest absolute Gasteiger partial charge is 0.391 e. The summed E-state index contributed by atoms with van der Waals surface area (Å²) in [5.74, 6) is -0.190. The van der Waals surface area contributed by atoms with Crippen LogP contribution in [0.1, 0.15) is 49.2 Å². The minimum Gasteiger partial charge on any atom is -0.391 e. The summed E-state index contributed by atoms with van der Waals surface area (Å²) in [6.07, 6.45) is 6.06. The highest BCUT2D eigenvalue weighted by Crippen LogP contribution is 2.27.